The Balaban J connectivity index is 2.12. The largest absolute Gasteiger partial charge is 0.490 e. The second kappa shape index (κ2) is 11.6. The summed E-state index contributed by atoms with van der Waals surface area (Å²) in [6.45, 7) is 8.73. The summed E-state index contributed by atoms with van der Waals surface area (Å²) in [4.78, 5) is 37.9. The van der Waals surface area contributed by atoms with E-state index in [1.807, 2.05) is 20.8 Å². The van der Waals surface area contributed by atoms with E-state index in [1.54, 1.807) is 24.3 Å². The van der Waals surface area contributed by atoms with E-state index in [0.717, 1.165) is 29.5 Å². The molecule has 0 atom stereocenters. The molecule has 2 amide bonds. The van der Waals surface area contributed by atoms with Gasteiger partial charge in [-0.25, -0.2) is 0 Å². The van der Waals surface area contributed by atoms with Crippen molar-refractivity contribution in [1.29, 1.82) is 0 Å². The highest BCUT2D eigenvalue weighted by molar-refractivity contribution is 8.18. The van der Waals surface area contributed by atoms with E-state index in [2.05, 4.69) is 6.92 Å². The predicted octanol–water partition coefficient (Wildman–Crippen LogP) is 4.50. The lowest BCUT2D eigenvalue weighted by molar-refractivity contribution is -0.147. The van der Waals surface area contributed by atoms with Gasteiger partial charge in [-0.3, -0.25) is 19.3 Å². The van der Waals surface area contributed by atoms with Gasteiger partial charge in [-0.05, 0) is 54.8 Å². The zero-order valence-corrected chi connectivity index (χ0v) is 18.8. The second-order valence-electron chi connectivity index (χ2n) is 7.19. The number of nitrogens with zero attached hydrogens (tertiary/aromatic N) is 1. The fourth-order valence-electron chi connectivity index (χ4n) is 2.55. The molecular formula is C22H29NO6S. The van der Waals surface area contributed by atoms with Crippen molar-refractivity contribution in [3.63, 3.8) is 0 Å². The summed E-state index contributed by atoms with van der Waals surface area (Å²) in [5, 5.41) is -0.489. The first-order valence-electron chi connectivity index (χ1n) is 10.2. The van der Waals surface area contributed by atoms with E-state index in [4.69, 9.17) is 14.2 Å². The van der Waals surface area contributed by atoms with Gasteiger partial charge in [-0.15, -0.1) is 0 Å². The van der Waals surface area contributed by atoms with Crippen LogP contribution in [0, 0.1) is 5.92 Å². The van der Waals surface area contributed by atoms with Crippen LogP contribution in [-0.2, 0) is 14.3 Å². The van der Waals surface area contributed by atoms with E-state index in [0.29, 0.717) is 30.3 Å². The van der Waals surface area contributed by atoms with E-state index in [1.165, 1.54) is 0 Å². The van der Waals surface area contributed by atoms with Crippen LogP contribution < -0.4 is 9.47 Å². The minimum atomic E-state index is -0.598. The molecule has 8 heteroatoms. The SMILES string of the molecule is CCCCOc1ccc(/C=C2\SC(=O)N(CC(=O)OCC(C)C)C2=O)cc1OCC. The van der Waals surface area contributed by atoms with Crippen LogP contribution in [0.25, 0.3) is 6.08 Å². The third kappa shape index (κ3) is 6.79. The van der Waals surface area contributed by atoms with Crippen LogP contribution in [0.1, 0.15) is 46.1 Å². The number of hydrogen-bond acceptors (Lipinski definition) is 7. The monoisotopic (exact) mass is 435 g/mol. The number of ether oxygens (including phenoxy) is 3. The van der Waals surface area contributed by atoms with Gasteiger partial charge in [-0.1, -0.05) is 33.3 Å². The molecular weight excluding hydrogens is 406 g/mol. The number of benzene rings is 1. The number of amides is 2. The molecule has 1 saturated heterocycles. The van der Waals surface area contributed by atoms with Crippen LogP contribution in [0.2, 0.25) is 0 Å². The number of esters is 1. The van der Waals surface area contributed by atoms with E-state index < -0.39 is 17.1 Å². The molecule has 0 radical (unpaired) electrons. The Kier molecular flexibility index (Phi) is 9.23. The number of imide groups is 1. The van der Waals surface area contributed by atoms with Gasteiger partial charge in [0.15, 0.2) is 11.5 Å². The summed E-state index contributed by atoms with van der Waals surface area (Å²) in [6.07, 6.45) is 3.59. The summed E-state index contributed by atoms with van der Waals surface area (Å²) < 4.78 is 16.5. The first-order chi connectivity index (χ1) is 14.3. The van der Waals surface area contributed by atoms with Gasteiger partial charge in [0.2, 0.25) is 0 Å². The molecule has 1 aliphatic rings. The van der Waals surface area contributed by atoms with Crippen LogP contribution in [0.15, 0.2) is 23.1 Å². The molecule has 164 valence electrons. The minimum Gasteiger partial charge on any atom is -0.490 e. The molecule has 1 aliphatic heterocycles. The van der Waals surface area contributed by atoms with E-state index >= 15 is 0 Å². The number of rotatable bonds is 11. The van der Waals surface area contributed by atoms with Crippen molar-refractivity contribution in [2.75, 3.05) is 26.4 Å². The standard InChI is InChI=1S/C22H29NO6S/c1-5-7-10-28-17-9-8-16(11-18(17)27-6-2)12-19-21(25)23(22(26)30-19)13-20(24)29-14-15(3)4/h8-9,11-12,15H,5-7,10,13-14H2,1-4H3/b19-12-. The molecule has 1 fully saturated rings. The highest BCUT2D eigenvalue weighted by atomic mass is 32.2. The van der Waals surface area contributed by atoms with Crippen LogP contribution in [0.5, 0.6) is 11.5 Å². The predicted molar refractivity (Wildman–Crippen MR) is 116 cm³/mol. The number of thioether (sulfide) groups is 1. The Morgan fingerprint density at radius 1 is 1.17 bits per heavy atom. The van der Waals surface area contributed by atoms with Crippen LogP contribution in [0.3, 0.4) is 0 Å². The number of hydrogen-bond donors (Lipinski definition) is 0. The second-order valence-corrected chi connectivity index (χ2v) is 8.18. The molecule has 7 nitrogen and oxygen atoms in total. The van der Waals surface area contributed by atoms with Gasteiger partial charge in [0, 0.05) is 0 Å². The number of unbranched alkanes of at least 4 members (excludes halogenated alkanes) is 1. The average Bonchev–Trinajstić information content (AvgIpc) is 2.95. The first kappa shape index (κ1) is 23.8. The molecule has 0 saturated carbocycles. The van der Waals surface area contributed by atoms with Gasteiger partial charge >= 0.3 is 5.97 Å². The van der Waals surface area contributed by atoms with Gasteiger partial charge in [0.1, 0.15) is 6.54 Å². The Bertz CT molecular complexity index is 805. The average molecular weight is 436 g/mol. The smallest absolute Gasteiger partial charge is 0.326 e. The van der Waals surface area contributed by atoms with Crippen molar-refractivity contribution in [3.05, 3.63) is 28.7 Å². The third-order valence-electron chi connectivity index (χ3n) is 4.06. The quantitative estimate of drug-likeness (QED) is 0.287. The maximum absolute atomic E-state index is 12.6. The summed E-state index contributed by atoms with van der Waals surface area (Å²) in [5.41, 5.74) is 0.703. The lowest BCUT2D eigenvalue weighted by Gasteiger charge is -2.13. The van der Waals surface area contributed by atoms with Crippen LogP contribution in [0.4, 0.5) is 4.79 Å². The Labute approximate surface area is 181 Å². The van der Waals surface area contributed by atoms with Gasteiger partial charge < -0.3 is 14.2 Å². The Morgan fingerprint density at radius 3 is 2.60 bits per heavy atom. The summed E-state index contributed by atoms with van der Waals surface area (Å²) in [7, 11) is 0. The van der Waals surface area contributed by atoms with Crippen LogP contribution >= 0.6 is 11.8 Å². The zero-order valence-electron chi connectivity index (χ0n) is 17.9. The maximum Gasteiger partial charge on any atom is 0.326 e. The molecule has 1 heterocycles. The first-order valence-corrected chi connectivity index (χ1v) is 11.0. The highest BCUT2D eigenvalue weighted by Gasteiger charge is 2.36. The summed E-state index contributed by atoms with van der Waals surface area (Å²) in [6, 6.07) is 5.37. The van der Waals surface area contributed by atoms with Crippen molar-refractivity contribution >= 4 is 35.0 Å². The molecule has 0 spiro atoms. The molecule has 1 aromatic carbocycles. The lowest BCUT2D eigenvalue weighted by atomic mass is 10.2. The highest BCUT2D eigenvalue weighted by Crippen LogP contribution is 2.34. The van der Waals surface area contributed by atoms with Crippen molar-refractivity contribution < 1.29 is 28.6 Å². The molecule has 0 bridgehead atoms. The van der Waals surface area contributed by atoms with Gasteiger partial charge in [0.25, 0.3) is 11.1 Å². The van der Waals surface area contributed by atoms with E-state index in [-0.39, 0.29) is 24.0 Å². The van der Waals surface area contributed by atoms with Gasteiger partial charge in [-0.2, -0.15) is 0 Å². The van der Waals surface area contributed by atoms with E-state index in [9.17, 15) is 14.4 Å². The van der Waals surface area contributed by atoms with Crippen LogP contribution in [-0.4, -0.2) is 48.4 Å². The van der Waals surface area contributed by atoms with Gasteiger partial charge in [0.05, 0.1) is 24.7 Å². The summed E-state index contributed by atoms with van der Waals surface area (Å²) in [5.74, 6) is 0.298. The number of carbonyl (C=O) groups excluding carboxylic acids is 3. The lowest BCUT2D eigenvalue weighted by Crippen LogP contribution is -2.34. The maximum atomic E-state index is 12.6. The molecule has 30 heavy (non-hydrogen) atoms. The fourth-order valence-corrected chi connectivity index (χ4v) is 3.39. The molecule has 0 N–H and O–H groups in total. The Hall–Kier alpha value is -2.48. The molecule has 2 rings (SSSR count). The number of carbonyl (C=O) groups is 3. The summed E-state index contributed by atoms with van der Waals surface area (Å²) >= 11 is 0.802. The Morgan fingerprint density at radius 2 is 1.93 bits per heavy atom. The molecule has 0 aliphatic carbocycles. The molecule has 0 unspecified atom stereocenters. The topological polar surface area (TPSA) is 82.1 Å². The normalized spacial score (nSPS) is 15.2. The fraction of sp³-hybridized carbons (Fsp3) is 0.500. The van der Waals surface area contributed by atoms with Crippen molar-refractivity contribution in [3.8, 4) is 11.5 Å². The minimum absolute atomic E-state index is 0.178. The molecule has 1 aromatic rings. The zero-order chi connectivity index (χ0) is 22.1. The third-order valence-corrected chi connectivity index (χ3v) is 4.97. The van der Waals surface area contributed by atoms with Crippen molar-refractivity contribution in [1.82, 2.24) is 4.90 Å². The van der Waals surface area contributed by atoms with Crippen molar-refractivity contribution in [2.45, 2.75) is 40.5 Å². The molecule has 0 aromatic heterocycles. The van der Waals surface area contributed by atoms with Crippen molar-refractivity contribution in [2.24, 2.45) is 5.92 Å².